The topological polar surface area (TPSA) is 116 Å². The maximum Gasteiger partial charge on any atom is 0.316 e. The Balaban J connectivity index is 3.22. The molecule has 0 saturated heterocycles. The SMILES string of the molecule is COc1cccc(C(O)C[N+](=O)[O-])c1[N+](=O)[O-]. The molecule has 1 unspecified atom stereocenters. The molecule has 0 radical (unpaired) electrons. The van der Waals surface area contributed by atoms with Crippen molar-refractivity contribution in [3.63, 3.8) is 0 Å². The molecule has 0 spiro atoms. The fraction of sp³-hybridized carbons (Fsp3) is 0.333. The van der Waals surface area contributed by atoms with Gasteiger partial charge in [-0.1, -0.05) is 6.07 Å². The van der Waals surface area contributed by atoms with E-state index in [1.807, 2.05) is 0 Å². The Labute approximate surface area is 95.7 Å². The molecule has 1 N–H and O–H groups in total. The van der Waals surface area contributed by atoms with Gasteiger partial charge < -0.3 is 9.84 Å². The third-order valence-electron chi connectivity index (χ3n) is 2.11. The standard InChI is InChI=1S/C9H10N2O6/c1-17-8-4-2-3-6(9(8)11(15)16)7(12)5-10(13)14/h2-4,7,12H,5H2,1H3. The summed E-state index contributed by atoms with van der Waals surface area (Å²) in [5, 5.41) is 30.6. The molecular weight excluding hydrogens is 232 g/mol. The van der Waals surface area contributed by atoms with Crippen LogP contribution < -0.4 is 4.74 Å². The molecule has 1 aromatic rings. The van der Waals surface area contributed by atoms with Crippen molar-refractivity contribution in [1.82, 2.24) is 0 Å². The average Bonchev–Trinajstić information content (AvgIpc) is 2.26. The maximum atomic E-state index is 10.8. The van der Waals surface area contributed by atoms with Crippen LogP contribution in [0.2, 0.25) is 0 Å². The van der Waals surface area contributed by atoms with E-state index in [1.165, 1.54) is 25.3 Å². The summed E-state index contributed by atoms with van der Waals surface area (Å²) >= 11 is 0. The third kappa shape index (κ3) is 2.88. The number of benzene rings is 1. The first-order chi connectivity index (χ1) is 7.97. The van der Waals surface area contributed by atoms with E-state index in [0.29, 0.717) is 0 Å². The molecule has 0 aliphatic rings. The second-order valence-corrected chi connectivity index (χ2v) is 3.19. The lowest BCUT2D eigenvalue weighted by Crippen LogP contribution is -2.13. The minimum absolute atomic E-state index is 0.0464. The van der Waals surface area contributed by atoms with Crippen LogP contribution in [-0.4, -0.2) is 28.6 Å². The quantitative estimate of drug-likeness (QED) is 0.606. The molecule has 0 saturated carbocycles. The van der Waals surface area contributed by atoms with Gasteiger partial charge in [0.1, 0.15) is 0 Å². The molecule has 0 aliphatic heterocycles. The van der Waals surface area contributed by atoms with E-state index >= 15 is 0 Å². The van der Waals surface area contributed by atoms with Crippen molar-refractivity contribution in [2.24, 2.45) is 0 Å². The Morgan fingerprint density at radius 1 is 1.41 bits per heavy atom. The summed E-state index contributed by atoms with van der Waals surface area (Å²) in [6, 6.07) is 4.03. The molecule has 0 bridgehead atoms. The number of nitro groups is 2. The first kappa shape index (κ1) is 12.8. The van der Waals surface area contributed by atoms with Crippen molar-refractivity contribution in [2.45, 2.75) is 6.10 Å². The first-order valence-corrected chi connectivity index (χ1v) is 4.58. The number of aliphatic hydroxyl groups is 1. The van der Waals surface area contributed by atoms with Crippen molar-refractivity contribution in [3.05, 3.63) is 44.0 Å². The third-order valence-corrected chi connectivity index (χ3v) is 2.11. The number of para-hydroxylation sites is 1. The number of rotatable bonds is 5. The van der Waals surface area contributed by atoms with E-state index in [0.717, 1.165) is 0 Å². The second kappa shape index (κ2) is 5.21. The van der Waals surface area contributed by atoms with Gasteiger partial charge in [-0.25, -0.2) is 0 Å². The summed E-state index contributed by atoms with van der Waals surface area (Å²) in [6.07, 6.45) is -1.54. The number of hydrogen-bond acceptors (Lipinski definition) is 6. The number of aliphatic hydroxyl groups excluding tert-OH is 1. The highest BCUT2D eigenvalue weighted by molar-refractivity contribution is 5.53. The van der Waals surface area contributed by atoms with Gasteiger partial charge >= 0.3 is 5.69 Å². The van der Waals surface area contributed by atoms with Crippen molar-refractivity contribution in [3.8, 4) is 5.75 Å². The Bertz CT molecular complexity index is 447. The molecule has 0 amide bonds. The van der Waals surface area contributed by atoms with Crippen molar-refractivity contribution < 1.29 is 19.7 Å². The zero-order valence-corrected chi connectivity index (χ0v) is 8.90. The number of nitrogens with zero attached hydrogens (tertiary/aromatic N) is 2. The van der Waals surface area contributed by atoms with Gasteiger partial charge in [0.25, 0.3) is 0 Å². The monoisotopic (exact) mass is 242 g/mol. The summed E-state index contributed by atoms with van der Waals surface area (Å²) < 4.78 is 4.78. The van der Waals surface area contributed by atoms with Gasteiger partial charge in [0.05, 0.1) is 17.6 Å². The first-order valence-electron chi connectivity index (χ1n) is 4.58. The van der Waals surface area contributed by atoms with Crippen molar-refractivity contribution in [1.29, 1.82) is 0 Å². The summed E-state index contributed by atoms with van der Waals surface area (Å²) in [7, 11) is 1.24. The fourth-order valence-corrected chi connectivity index (χ4v) is 1.41. The van der Waals surface area contributed by atoms with Gasteiger partial charge in [-0.2, -0.15) is 0 Å². The zero-order chi connectivity index (χ0) is 13.0. The highest BCUT2D eigenvalue weighted by Crippen LogP contribution is 2.34. The predicted octanol–water partition coefficient (Wildman–Crippen LogP) is 0.913. The summed E-state index contributed by atoms with van der Waals surface area (Å²) in [5.41, 5.74) is -0.588. The zero-order valence-electron chi connectivity index (χ0n) is 8.90. The Morgan fingerprint density at radius 3 is 2.53 bits per heavy atom. The average molecular weight is 242 g/mol. The van der Waals surface area contributed by atoms with Crippen molar-refractivity contribution in [2.75, 3.05) is 13.7 Å². The lowest BCUT2D eigenvalue weighted by Gasteiger charge is -2.09. The Kier molecular flexibility index (Phi) is 3.94. The van der Waals surface area contributed by atoms with Gasteiger partial charge in [0.2, 0.25) is 6.54 Å². The molecule has 92 valence electrons. The Morgan fingerprint density at radius 2 is 2.06 bits per heavy atom. The van der Waals surface area contributed by atoms with Crippen molar-refractivity contribution >= 4 is 5.69 Å². The molecule has 1 rings (SSSR count). The van der Waals surface area contributed by atoms with Crippen LogP contribution in [0.15, 0.2) is 18.2 Å². The summed E-state index contributed by atoms with van der Waals surface area (Å²) in [5.74, 6) is -0.0464. The lowest BCUT2D eigenvalue weighted by atomic mass is 10.1. The number of ether oxygens (including phenoxy) is 1. The molecule has 0 heterocycles. The van der Waals surface area contributed by atoms with E-state index in [1.54, 1.807) is 0 Å². The summed E-state index contributed by atoms with van der Waals surface area (Å²) in [6.45, 7) is -0.798. The van der Waals surface area contributed by atoms with Gasteiger partial charge in [-0.3, -0.25) is 20.2 Å². The van der Waals surface area contributed by atoms with E-state index in [4.69, 9.17) is 4.74 Å². The summed E-state index contributed by atoms with van der Waals surface area (Å²) in [4.78, 5) is 19.6. The van der Waals surface area contributed by atoms with Crippen LogP contribution in [0.25, 0.3) is 0 Å². The molecule has 1 aromatic carbocycles. The van der Waals surface area contributed by atoms with Gasteiger partial charge in [0, 0.05) is 4.92 Å². The van der Waals surface area contributed by atoms with Gasteiger partial charge in [-0.15, -0.1) is 0 Å². The van der Waals surface area contributed by atoms with Gasteiger partial charge in [-0.05, 0) is 12.1 Å². The van der Waals surface area contributed by atoms with Crippen LogP contribution in [0, 0.1) is 20.2 Å². The highest BCUT2D eigenvalue weighted by atomic mass is 16.6. The number of nitro benzene ring substituents is 1. The van der Waals surface area contributed by atoms with E-state index in [-0.39, 0.29) is 11.3 Å². The van der Waals surface area contributed by atoms with E-state index < -0.39 is 28.2 Å². The normalized spacial score (nSPS) is 11.9. The smallest absolute Gasteiger partial charge is 0.316 e. The molecule has 8 nitrogen and oxygen atoms in total. The van der Waals surface area contributed by atoms with E-state index in [2.05, 4.69) is 0 Å². The molecule has 0 fully saturated rings. The Hall–Kier alpha value is -2.22. The minimum Gasteiger partial charge on any atom is -0.490 e. The molecular formula is C9H10N2O6. The molecule has 0 aliphatic carbocycles. The van der Waals surface area contributed by atoms with Crippen LogP contribution >= 0.6 is 0 Å². The molecule has 8 heteroatoms. The maximum absolute atomic E-state index is 10.8. The molecule has 1 atom stereocenters. The van der Waals surface area contributed by atoms with Crippen LogP contribution in [0.3, 0.4) is 0 Å². The lowest BCUT2D eigenvalue weighted by molar-refractivity contribution is -0.492. The van der Waals surface area contributed by atoms with Crippen LogP contribution in [0.5, 0.6) is 5.75 Å². The van der Waals surface area contributed by atoms with E-state index in [9.17, 15) is 25.3 Å². The predicted molar refractivity (Wildman–Crippen MR) is 56.5 cm³/mol. The van der Waals surface area contributed by atoms with Gasteiger partial charge in [0.15, 0.2) is 11.9 Å². The number of hydrogen-bond donors (Lipinski definition) is 1. The number of methoxy groups -OCH3 is 1. The molecule has 0 aromatic heterocycles. The highest BCUT2D eigenvalue weighted by Gasteiger charge is 2.27. The molecule has 17 heavy (non-hydrogen) atoms. The second-order valence-electron chi connectivity index (χ2n) is 3.19. The van der Waals surface area contributed by atoms with Crippen LogP contribution in [0.4, 0.5) is 5.69 Å². The van der Waals surface area contributed by atoms with Crippen LogP contribution in [0.1, 0.15) is 11.7 Å². The largest absolute Gasteiger partial charge is 0.490 e. The van der Waals surface area contributed by atoms with Crippen LogP contribution in [-0.2, 0) is 0 Å². The minimum atomic E-state index is -1.54. The fourth-order valence-electron chi connectivity index (χ4n) is 1.41.